The van der Waals surface area contributed by atoms with E-state index in [9.17, 15) is 15.3 Å². The lowest BCUT2D eigenvalue weighted by atomic mass is 9.51. The Bertz CT molecular complexity index is 485. The van der Waals surface area contributed by atoms with E-state index in [4.69, 9.17) is 9.47 Å². The van der Waals surface area contributed by atoms with Crippen molar-refractivity contribution in [1.29, 1.82) is 0 Å². The molecule has 1 saturated carbocycles. The van der Waals surface area contributed by atoms with Crippen molar-refractivity contribution in [2.45, 2.75) is 56.7 Å². The van der Waals surface area contributed by atoms with Crippen LogP contribution in [0.15, 0.2) is 11.6 Å². The zero-order valence-electron chi connectivity index (χ0n) is 11.9. The van der Waals surface area contributed by atoms with Crippen LogP contribution in [0.3, 0.4) is 0 Å². The van der Waals surface area contributed by atoms with Crippen molar-refractivity contribution in [2.75, 3.05) is 13.2 Å². The predicted molar refractivity (Wildman–Crippen MR) is 70.0 cm³/mol. The highest BCUT2D eigenvalue weighted by Gasteiger charge is 2.81. The zero-order chi connectivity index (χ0) is 14.3. The molecule has 3 N–H and O–H groups in total. The third-order valence-electron chi connectivity index (χ3n) is 6.63. The summed E-state index contributed by atoms with van der Waals surface area (Å²) >= 11 is 0. The summed E-state index contributed by atoms with van der Waals surface area (Å²) in [6.45, 7) is 4.33. The fourth-order valence-corrected chi connectivity index (χ4v) is 5.03. The Morgan fingerprint density at radius 3 is 2.70 bits per heavy atom. The fourth-order valence-electron chi connectivity index (χ4n) is 5.03. The highest BCUT2D eigenvalue weighted by molar-refractivity contribution is 5.33. The summed E-state index contributed by atoms with van der Waals surface area (Å²) in [5, 5.41) is 31.1. The van der Waals surface area contributed by atoms with Crippen LogP contribution < -0.4 is 0 Å². The molecular formula is C15H22O5. The Morgan fingerprint density at radius 1 is 1.40 bits per heavy atom. The van der Waals surface area contributed by atoms with Crippen molar-refractivity contribution in [3.05, 3.63) is 11.6 Å². The SMILES string of the molecule is CC1=C[C@H]2O[C@@H]3C[C@@H](O)[C@](C)([C@@]2(CO)C[C@H]1O)[C@]31CO1. The molecule has 4 aliphatic rings. The molecule has 4 rings (SSSR count). The van der Waals surface area contributed by atoms with Gasteiger partial charge in [0, 0.05) is 17.3 Å². The molecule has 20 heavy (non-hydrogen) atoms. The molecule has 0 amide bonds. The first-order valence-electron chi connectivity index (χ1n) is 7.36. The van der Waals surface area contributed by atoms with E-state index in [1.54, 1.807) is 0 Å². The molecule has 112 valence electrons. The van der Waals surface area contributed by atoms with Crippen LogP contribution in [0.25, 0.3) is 0 Å². The van der Waals surface area contributed by atoms with Crippen LogP contribution in [0.2, 0.25) is 0 Å². The maximum atomic E-state index is 10.6. The number of ether oxygens (including phenoxy) is 2. The van der Waals surface area contributed by atoms with Crippen molar-refractivity contribution in [1.82, 2.24) is 0 Å². The van der Waals surface area contributed by atoms with Crippen molar-refractivity contribution in [2.24, 2.45) is 10.8 Å². The topological polar surface area (TPSA) is 82.5 Å². The van der Waals surface area contributed by atoms with E-state index in [2.05, 4.69) is 0 Å². The number of hydrogen-bond donors (Lipinski definition) is 3. The number of aliphatic hydroxyl groups is 3. The molecule has 0 aromatic heterocycles. The average molecular weight is 282 g/mol. The largest absolute Gasteiger partial charge is 0.396 e. The van der Waals surface area contributed by atoms with Gasteiger partial charge in [-0.25, -0.2) is 0 Å². The molecule has 2 saturated heterocycles. The van der Waals surface area contributed by atoms with Gasteiger partial charge in [0.2, 0.25) is 0 Å². The van der Waals surface area contributed by atoms with Crippen molar-refractivity contribution < 1.29 is 24.8 Å². The molecule has 0 unspecified atom stereocenters. The van der Waals surface area contributed by atoms with E-state index in [0.29, 0.717) is 19.4 Å². The molecule has 3 fully saturated rings. The molecule has 2 heterocycles. The minimum absolute atomic E-state index is 0.119. The van der Waals surface area contributed by atoms with Crippen LogP contribution in [0.5, 0.6) is 0 Å². The third kappa shape index (κ3) is 1.15. The summed E-state index contributed by atoms with van der Waals surface area (Å²) in [4.78, 5) is 0. The van der Waals surface area contributed by atoms with Gasteiger partial charge in [-0.3, -0.25) is 0 Å². The molecule has 0 radical (unpaired) electrons. The van der Waals surface area contributed by atoms with Crippen LogP contribution in [0, 0.1) is 10.8 Å². The van der Waals surface area contributed by atoms with Gasteiger partial charge in [-0.2, -0.15) is 0 Å². The lowest BCUT2D eigenvalue weighted by Gasteiger charge is -2.58. The van der Waals surface area contributed by atoms with Gasteiger partial charge in [0.1, 0.15) is 5.60 Å². The number of aliphatic hydroxyl groups excluding tert-OH is 3. The molecule has 2 bridgehead atoms. The zero-order valence-corrected chi connectivity index (χ0v) is 11.9. The van der Waals surface area contributed by atoms with E-state index in [1.165, 1.54) is 0 Å². The van der Waals surface area contributed by atoms with Crippen molar-refractivity contribution >= 4 is 0 Å². The minimum Gasteiger partial charge on any atom is -0.396 e. The van der Waals surface area contributed by atoms with Gasteiger partial charge in [0.15, 0.2) is 0 Å². The lowest BCUT2D eigenvalue weighted by Crippen LogP contribution is -2.67. The van der Waals surface area contributed by atoms with Crippen LogP contribution in [-0.4, -0.2) is 58.6 Å². The molecule has 2 aliphatic heterocycles. The number of rotatable bonds is 1. The van der Waals surface area contributed by atoms with E-state index in [0.717, 1.165) is 5.57 Å². The fraction of sp³-hybridized carbons (Fsp3) is 0.867. The normalized spacial score (nSPS) is 60.4. The molecule has 1 spiro atoms. The maximum Gasteiger partial charge on any atom is 0.126 e. The Labute approximate surface area is 118 Å². The Kier molecular flexibility index (Phi) is 2.41. The molecular weight excluding hydrogens is 260 g/mol. The van der Waals surface area contributed by atoms with E-state index >= 15 is 0 Å². The van der Waals surface area contributed by atoms with Gasteiger partial charge in [0.05, 0.1) is 37.6 Å². The summed E-state index contributed by atoms with van der Waals surface area (Å²) in [6.07, 6.45) is 1.30. The number of hydrogen-bond acceptors (Lipinski definition) is 5. The third-order valence-corrected chi connectivity index (χ3v) is 6.63. The van der Waals surface area contributed by atoms with Gasteiger partial charge in [-0.1, -0.05) is 13.0 Å². The molecule has 5 nitrogen and oxygen atoms in total. The summed E-state index contributed by atoms with van der Waals surface area (Å²) in [5.74, 6) is 0. The first-order chi connectivity index (χ1) is 9.41. The Morgan fingerprint density at radius 2 is 2.10 bits per heavy atom. The average Bonchev–Trinajstić information content (AvgIpc) is 3.18. The summed E-state index contributed by atoms with van der Waals surface area (Å²) in [7, 11) is 0. The standard InChI is InChI=1S/C15H22O5/c1-8-3-11-14(6-16,5-9(8)17)13(2)10(18)4-12(20-11)15(13)7-19-15/h3,9-12,16-18H,4-7H2,1-2H3/t9-,10-,11-,12-,13-,14-,15+/m1/s1. The summed E-state index contributed by atoms with van der Waals surface area (Å²) in [6, 6.07) is 0. The minimum atomic E-state index is -0.686. The monoisotopic (exact) mass is 282 g/mol. The first kappa shape index (κ1) is 13.2. The quantitative estimate of drug-likeness (QED) is 0.465. The van der Waals surface area contributed by atoms with E-state index in [-0.39, 0.29) is 18.8 Å². The van der Waals surface area contributed by atoms with Gasteiger partial charge in [-0.05, 0) is 18.9 Å². The van der Waals surface area contributed by atoms with Crippen molar-refractivity contribution in [3.8, 4) is 0 Å². The second kappa shape index (κ2) is 3.65. The highest BCUT2D eigenvalue weighted by Crippen LogP contribution is 2.71. The van der Waals surface area contributed by atoms with Gasteiger partial charge < -0.3 is 24.8 Å². The highest BCUT2D eigenvalue weighted by atomic mass is 16.6. The van der Waals surface area contributed by atoms with E-state index < -0.39 is 28.6 Å². The molecule has 0 aromatic carbocycles. The Hall–Kier alpha value is -0.460. The van der Waals surface area contributed by atoms with E-state index in [1.807, 2.05) is 19.9 Å². The molecule has 7 atom stereocenters. The lowest BCUT2D eigenvalue weighted by molar-refractivity contribution is -0.232. The Balaban J connectivity index is 1.90. The van der Waals surface area contributed by atoms with Crippen LogP contribution in [-0.2, 0) is 9.47 Å². The van der Waals surface area contributed by atoms with Crippen LogP contribution in [0.4, 0.5) is 0 Å². The molecule has 2 aliphatic carbocycles. The van der Waals surface area contributed by atoms with Crippen LogP contribution >= 0.6 is 0 Å². The van der Waals surface area contributed by atoms with Crippen molar-refractivity contribution in [3.63, 3.8) is 0 Å². The van der Waals surface area contributed by atoms with Gasteiger partial charge in [0.25, 0.3) is 0 Å². The second-order valence-electron chi connectivity index (χ2n) is 7.12. The number of fused-ring (bicyclic) bond motifs is 2. The maximum absolute atomic E-state index is 10.6. The summed E-state index contributed by atoms with van der Waals surface area (Å²) < 4.78 is 11.9. The molecule has 0 aromatic rings. The predicted octanol–water partition coefficient (Wildman–Crippen LogP) is -0.0167. The number of epoxide rings is 1. The van der Waals surface area contributed by atoms with Crippen LogP contribution in [0.1, 0.15) is 26.7 Å². The summed E-state index contributed by atoms with van der Waals surface area (Å²) in [5.41, 5.74) is -0.871. The van der Waals surface area contributed by atoms with Gasteiger partial charge in [-0.15, -0.1) is 0 Å². The first-order valence-corrected chi connectivity index (χ1v) is 7.36. The second-order valence-corrected chi connectivity index (χ2v) is 7.12. The molecule has 5 heteroatoms. The smallest absolute Gasteiger partial charge is 0.126 e. The van der Waals surface area contributed by atoms with Gasteiger partial charge >= 0.3 is 0 Å².